The van der Waals surface area contributed by atoms with Gasteiger partial charge in [0.1, 0.15) is 0 Å². The lowest BCUT2D eigenvalue weighted by Gasteiger charge is -2.11. The molecule has 0 N–H and O–H groups in total. The Balaban J connectivity index is 2.37. The smallest absolute Gasteiger partial charge is 0.315 e. The molecule has 0 spiro atoms. The van der Waals surface area contributed by atoms with Gasteiger partial charge in [0.25, 0.3) is 0 Å². The fraction of sp³-hybridized carbons (Fsp3) is 0.500. The van der Waals surface area contributed by atoms with Crippen molar-refractivity contribution in [2.45, 2.75) is 44.7 Å². The van der Waals surface area contributed by atoms with Gasteiger partial charge < -0.3 is 9.47 Å². The standard InChI is InChI=1S/C18H25N5O4S/c1-5-7-8-9-27-17-14(23(24)25)10-13(11-15(17)26-3)12-19-22-16(6-2)20-21-18(22)28-4/h10-12H,5-9H2,1-4H3/b19-12-. The van der Waals surface area contributed by atoms with Gasteiger partial charge in [-0.25, -0.2) is 0 Å². The van der Waals surface area contributed by atoms with E-state index in [0.717, 1.165) is 19.3 Å². The van der Waals surface area contributed by atoms with E-state index in [2.05, 4.69) is 22.2 Å². The van der Waals surface area contributed by atoms with Crippen LogP contribution in [0, 0.1) is 10.1 Å². The summed E-state index contributed by atoms with van der Waals surface area (Å²) in [4.78, 5) is 11.1. The molecule has 1 aromatic heterocycles. The molecule has 2 rings (SSSR count). The highest BCUT2D eigenvalue weighted by molar-refractivity contribution is 7.98. The van der Waals surface area contributed by atoms with Crippen molar-refractivity contribution in [3.63, 3.8) is 0 Å². The van der Waals surface area contributed by atoms with Crippen LogP contribution in [0.2, 0.25) is 0 Å². The zero-order valence-corrected chi connectivity index (χ0v) is 17.4. The Labute approximate surface area is 168 Å². The van der Waals surface area contributed by atoms with Crippen molar-refractivity contribution in [3.05, 3.63) is 33.6 Å². The van der Waals surface area contributed by atoms with Gasteiger partial charge in [-0.2, -0.15) is 9.78 Å². The fourth-order valence-electron chi connectivity index (χ4n) is 2.53. The zero-order chi connectivity index (χ0) is 20.5. The molecule has 0 fully saturated rings. The number of methoxy groups -OCH3 is 1. The first-order valence-electron chi connectivity index (χ1n) is 9.07. The number of aromatic nitrogens is 3. The van der Waals surface area contributed by atoms with Gasteiger partial charge in [-0.3, -0.25) is 10.1 Å². The molecule has 1 aromatic carbocycles. The molecule has 0 atom stereocenters. The second-order valence-corrected chi connectivity index (χ2v) is 6.67. The number of thioether (sulfide) groups is 1. The summed E-state index contributed by atoms with van der Waals surface area (Å²) in [5.41, 5.74) is 0.370. The molecule has 0 aliphatic carbocycles. The quantitative estimate of drug-likeness (QED) is 0.183. The van der Waals surface area contributed by atoms with Crippen molar-refractivity contribution >= 4 is 23.7 Å². The van der Waals surface area contributed by atoms with Gasteiger partial charge in [-0.15, -0.1) is 10.2 Å². The number of nitro groups is 1. The SMILES string of the molecule is CCCCCOc1c(OC)cc(/C=N\n2c(CC)nnc2SC)cc1[N+](=O)[O-]. The molecule has 0 amide bonds. The van der Waals surface area contributed by atoms with Crippen LogP contribution in [0.15, 0.2) is 22.4 Å². The third-order valence-corrected chi connectivity index (χ3v) is 4.59. The Morgan fingerprint density at radius 1 is 1.32 bits per heavy atom. The Hall–Kier alpha value is -2.62. The summed E-state index contributed by atoms with van der Waals surface area (Å²) in [6.07, 6.45) is 6.94. The summed E-state index contributed by atoms with van der Waals surface area (Å²) in [5, 5.41) is 24.8. The molecule has 10 heteroatoms. The van der Waals surface area contributed by atoms with E-state index in [-0.39, 0.29) is 11.4 Å². The molecule has 0 aliphatic heterocycles. The van der Waals surface area contributed by atoms with Gasteiger partial charge in [0.05, 0.1) is 24.9 Å². The topological polar surface area (TPSA) is 105 Å². The molecular formula is C18H25N5O4S. The molecule has 0 saturated carbocycles. The summed E-state index contributed by atoms with van der Waals surface area (Å²) < 4.78 is 12.6. The van der Waals surface area contributed by atoms with Gasteiger partial charge in [0.2, 0.25) is 10.9 Å². The molecule has 28 heavy (non-hydrogen) atoms. The first-order chi connectivity index (χ1) is 13.5. The molecule has 0 aliphatic rings. The van der Waals surface area contributed by atoms with Crippen molar-refractivity contribution in [2.24, 2.45) is 5.10 Å². The van der Waals surface area contributed by atoms with Crippen molar-refractivity contribution in [3.8, 4) is 11.5 Å². The van der Waals surface area contributed by atoms with Gasteiger partial charge in [-0.1, -0.05) is 38.5 Å². The minimum absolute atomic E-state index is 0.143. The lowest BCUT2D eigenvalue weighted by Crippen LogP contribution is -2.04. The van der Waals surface area contributed by atoms with Crippen LogP contribution in [-0.2, 0) is 6.42 Å². The van der Waals surface area contributed by atoms with Crippen LogP contribution < -0.4 is 9.47 Å². The number of rotatable bonds is 11. The first-order valence-corrected chi connectivity index (χ1v) is 10.3. The Morgan fingerprint density at radius 2 is 2.11 bits per heavy atom. The molecule has 1 heterocycles. The van der Waals surface area contributed by atoms with E-state index in [1.807, 2.05) is 13.2 Å². The minimum Gasteiger partial charge on any atom is -0.493 e. The summed E-state index contributed by atoms with van der Waals surface area (Å²) >= 11 is 1.42. The number of hydrogen-bond donors (Lipinski definition) is 0. The van der Waals surface area contributed by atoms with E-state index >= 15 is 0 Å². The predicted octanol–water partition coefficient (Wildman–Crippen LogP) is 3.93. The summed E-state index contributed by atoms with van der Waals surface area (Å²) in [6.45, 7) is 4.44. The second kappa shape index (κ2) is 10.6. The van der Waals surface area contributed by atoms with E-state index in [1.165, 1.54) is 31.2 Å². The average molecular weight is 407 g/mol. The van der Waals surface area contributed by atoms with Crippen LogP contribution in [0.25, 0.3) is 0 Å². The Kier molecular flexibility index (Phi) is 8.24. The number of nitrogens with zero attached hydrogens (tertiary/aromatic N) is 5. The second-order valence-electron chi connectivity index (χ2n) is 5.90. The number of unbranched alkanes of at least 4 members (excludes halogenated alkanes) is 2. The zero-order valence-electron chi connectivity index (χ0n) is 16.5. The third-order valence-electron chi connectivity index (χ3n) is 3.97. The van der Waals surface area contributed by atoms with Crippen molar-refractivity contribution in [1.29, 1.82) is 0 Å². The molecule has 152 valence electrons. The fourth-order valence-corrected chi connectivity index (χ4v) is 2.97. The molecule has 2 aromatic rings. The maximum absolute atomic E-state index is 11.6. The molecule has 0 saturated heterocycles. The first kappa shape index (κ1) is 21.7. The van der Waals surface area contributed by atoms with E-state index in [4.69, 9.17) is 9.47 Å². The highest BCUT2D eigenvalue weighted by Crippen LogP contribution is 2.38. The van der Waals surface area contributed by atoms with Crippen LogP contribution >= 0.6 is 11.8 Å². The number of benzene rings is 1. The third kappa shape index (κ3) is 5.22. The molecule has 9 nitrogen and oxygen atoms in total. The summed E-state index contributed by atoms with van der Waals surface area (Å²) in [7, 11) is 1.46. The van der Waals surface area contributed by atoms with E-state index in [1.54, 1.807) is 10.7 Å². The molecular weight excluding hydrogens is 382 g/mol. The van der Waals surface area contributed by atoms with Gasteiger partial charge in [0.15, 0.2) is 11.6 Å². The van der Waals surface area contributed by atoms with E-state index < -0.39 is 4.92 Å². The van der Waals surface area contributed by atoms with Crippen molar-refractivity contribution in [2.75, 3.05) is 20.0 Å². The lowest BCUT2D eigenvalue weighted by atomic mass is 10.2. The Bertz CT molecular complexity index is 816. The highest BCUT2D eigenvalue weighted by Gasteiger charge is 2.22. The van der Waals surface area contributed by atoms with Gasteiger partial charge in [0, 0.05) is 18.1 Å². The maximum atomic E-state index is 11.6. The van der Waals surface area contributed by atoms with Crippen LogP contribution in [0.5, 0.6) is 11.5 Å². The average Bonchev–Trinajstić information content (AvgIpc) is 3.11. The number of ether oxygens (including phenoxy) is 2. The Morgan fingerprint density at radius 3 is 2.71 bits per heavy atom. The van der Waals surface area contributed by atoms with E-state index in [0.29, 0.717) is 35.3 Å². The number of aryl methyl sites for hydroxylation is 1. The largest absolute Gasteiger partial charge is 0.493 e. The number of nitro benzene ring substituents is 1. The minimum atomic E-state index is -0.474. The lowest BCUT2D eigenvalue weighted by molar-refractivity contribution is -0.386. The van der Waals surface area contributed by atoms with E-state index in [9.17, 15) is 10.1 Å². The summed E-state index contributed by atoms with van der Waals surface area (Å²) in [5.74, 6) is 1.15. The van der Waals surface area contributed by atoms with Crippen molar-refractivity contribution in [1.82, 2.24) is 14.9 Å². The predicted molar refractivity (Wildman–Crippen MR) is 109 cm³/mol. The van der Waals surface area contributed by atoms with Gasteiger partial charge >= 0.3 is 5.69 Å². The molecule has 0 radical (unpaired) electrons. The molecule has 0 unspecified atom stereocenters. The molecule has 0 bridgehead atoms. The normalized spacial score (nSPS) is 11.1. The van der Waals surface area contributed by atoms with Crippen LogP contribution in [-0.4, -0.2) is 46.0 Å². The monoisotopic (exact) mass is 407 g/mol. The van der Waals surface area contributed by atoms with Crippen LogP contribution in [0.4, 0.5) is 5.69 Å². The van der Waals surface area contributed by atoms with Crippen molar-refractivity contribution < 1.29 is 14.4 Å². The maximum Gasteiger partial charge on any atom is 0.315 e. The van der Waals surface area contributed by atoms with Gasteiger partial charge in [-0.05, 0) is 18.7 Å². The summed E-state index contributed by atoms with van der Waals surface area (Å²) in [6, 6.07) is 3.09. The van der Waals surface area contributed by atoms with Crippen LogP contribution in [0.3, 0.4) is 0 Å². The number of hydrogen-bond acceptors (Lipinski definition) is 8. The highest BCUT2D eigenvalue weighted by atomic mass is 32.2. The van der Waals surface area contributed by atoms with Crippen LogP contribution in [0.1, 0.15) is 44.5 Å².